The third kappa shape index (κ3) is 3.47. The van der Waals surface area contributed by atoms with Crippen molar-refractivity contribution in [3.63, 3.8) is 0 Å². The van der Waals surface area contributed by atoms with Crippen molar-refractivity contribution < 1.29 is 17.3 Å². The number of aryl methyl sites for hydroxylation is 1. The number of rotatable bonds is 5. The molecule has 142 valence electrons. The van der Waals surface area contributed by atoms with Gasteiger partial charge in [-0.1, -0.05) is 25.1 Å². The zero-order valence-electron chi connectivity index (χ0n) is 14.9. The van der Waals surface area contributed by atoms with Crippen molar-refractivity contribution >= 4 is 15.7 Å². The van der Waals surface area contributed by atoms with Crippen LogP contribution in [0.4, 0.5) is 5.69 Å². The van der Waals surface area contributed by atoms with Gasteiger partial charge in [-0.3, -0.25) is 0 Å². The quantitative estimate of drug-likeness (QED) is 0.662. The lowest BCUT2D eigenvalue weighted by Crippen LogP contribution is -2.48. The lowest BCUT2D eigenvalue weighted by Gasteiger charge is -2.34. The fourth-order valence-corrected chi connectivity index (χ4v) is 4.37. The highest BCUT2D eigenvalue weighted by Gasteiger charge is 2.31. The molecule has 1 aliphatic rings. The van der Waals surface area contributed by atoms with E-state index < -0.39 is 10.0 Å². The van der Waals surface area contributed by atoms with Crippen LogP contribution in [-0.2, 0) is 16.4 Å². The molecule has 0 bridgehead atoms. The van der Waals surface area contributed by atoms with Crippen LogP contribution in [0.15, 0.2) is 56.6 Å². The minimum Gasteiger partial charge on any atom is -0.451 e. The Hall–Kier alpha value is -2.65. The first kappa shape index (κ1) is 17.7. The second-order valence-electron chi connectivity index (χ2n) is 6.24. The predicted molar refractivity (Wildman–Crippen MR) is 98.8 cm³/mol. The second kappa shape index (κ2) is 7.16. The number of aromatic nitrogens is 2. The smallest absolute Gasteiger partial charge is 0.276 e. The molecule has 27 heavy (non-hydrogen) atoms. The molecule has 0 atom stereocenters. The molecule has 0 spiro atoms. The summed E-state index contributed by atoms with van der Waals surface area (Å²) < 4.78 is 38.0. The van der Waals surface area contributed by atoms with Gasteiger partial charge < -0.3 is 13.7 Å². The zero-order chi connectivity index (χ0) is 18.9. The number of hydrogen-bond donors (Lipinski definition) is 0. The van der Waals surface area contributed by atoms with E-state index in [1.165, 1.54) is 16.6 Å². The fraction of sp³-hybridized carbons (Fsp3) is 0.333. The third-order valence-electron chi connectivity index (χ3n) is 4.55. The van der Waals surface area contributed by atoms with Crippen LogP contribution in [0.2, 0.25) is 0 Å². The summed E-state index contributed by atoms with van der Waals surface area (Å²) in [6.07, 6.45) is 1.95. The third-order valence-corrected chi connectivity index (χ3v) is 6.31. The van der Waals surface area contributed by atoms with Crippen molar-refractivity contribution in [1.82, 2.24) is 14.5 Å². The molecule has 0 unspecified atom stereocenters. The molecule has 1 saturated heterocycles. The Bertz CT molecular complexity index is 1000. The van der Waals surface area contributed by atoms with Gasteiger partial charge in [0.2, 0.25) is 11.0 Å². The monoisotopic (exact) mass is 388 g/mol. The molecule has 1 aliphatic heterocycles. The number of benzene rings is 1. The van der Waals surface area contributed by atoms with Crippen LogP contribution in [0, 0.1) is 0 Å². The highest BCUT2D eigenvalue weighted by molar-refractivity contribution is 7.89. The minimum atomic E-state index is -3.70. The molecule has 0 aliphatic carbocycles. The van der Waals surface area contributed by atoms with Gasteiger partial charge in [0.25, 0.3) is 15.9 Å². The number of hydrogen-bond acceptors (Lipinski definition) is 7. The Morgan fingerprint density at radius 3 is 2.48 bits per heavy atom. The molecule has 0 saturated carbocycles. The topological polar surface area (TPSA) is 92.7 Å². The van der Waals surface area contributed by atoms with Gasteiger partial charge in [0.1, 0.15) is 6.26 Å². The fourth-order valence-electron chi connectivity index (χ4n) is 3.03. The van der Waals surface area contributed by atoms with Gasteiger partial charge in [0.05, 0.1) is 5.56 Å². The normalized spacial score (nSPS) is 16.0. The molecule has 1 fully saturated rings. The number of sulfonamides is 1. The van der Waals surface area contributed by atoms with Crippen molar-refractivity contribution in [2.75, 3.05) is 31.1 Å². The first-order chi connectivity index (χ1) is 13.1. The van der Waals surface area contributed by atoms with Crippen LogP contribution in [0.1, 0.15) is 12.8 Å². The molecular formula is C18H20N4O4S. The van der Waals surface area contributed by atoms with E-state index >= 15 is 0 Å². The van der Waals surface area contributed by atoms with E-state index in [1.54, 1.807) is 0 Å². The molecule has 3 heterocycles. The molecule has 0 N–H and O–H groups in total. The Kier molecular flexibility index (Phi) is 4.71. The van der Waals surface area contributed by atoms with Gasteiger partial charge in [-0.15, -0.1) is 10.2 Å². The van der Waals surface area contributed by atoms with E-state index in [1.807, 2.05) is 37.3 Å². The maximum atomic E-state index is 12.9. The van der Waals surface area contributed by atoms with Crippen LogP contribution >= 0.6 is 0 Å². The second-order valence-corrected chi connectivity index (χ2v) is 8.10. The first-order valence-corrected chi connectivity index (χ1v) is 10.2. The van der Waals surface area contributed by atoms with Crippen LogP contribution in [0.25, 0.3) is 11.5 Å². The van der Waals surface area contributed by atoms with Gasteiger partial charge in [-0.2, -0.15) is 4.31 Å². The first-order valence-electron chi connectivity index (χ1n) is 8.79. The lowest BCUT2D eigenvalue weighted by molar-refractivity contribution is 0.362. The summed E-state index contributed by atoms with van der Waals surface area (Å²) in [5, 5.41) is 7.69. The molecule has 3 aromatic rings. The summed E-state index contributed by atoms with van der Waals surface area (Å²) in [6, 6.07) is 11.4. The Balaban J connectivity index is 1.48. The van der Waals surface area contributed by atoms with Crippen molar-refractivity contribution in [2.24, 2.45) is 0 Å². The average Bonchev–Trinajstić information content (AvgIpc) is 3.38. The maximum Gasteiger partial charge on any atom is 0.276 e. The predicted octanol–water partition coefficient (Wildman–Crippen LogP) is 2.40. The van der Waals surface area contributed by atoms with Gasteiger partial charge in [0, 0.05) is 44.4 Å². The largest absolute Gasteiger partial charge is 0.451 e. The van der Waals surface area contributed by atoms with Crippen LogP contribution in [-0.4, -0.2) is 49.1 Å². The van der Waals surface area contributed by atoms with Crippen LogP contribution in [0.3, 0.4) is 0 Å². The number of para-hydroxylation sites is 1. The van der Waals surface area contributed by atoms with Crippen LogP contribution in [0.5, 0.6) is 0 Å². The highest BCUT2D eigenvalue weighted by Crippen LogP contribution is 2.27. The molecule has 1 aromatic carbocycles. The Morgan fingerprint density at radius 2 is 1.81 bits per heavy atom. The standard InChI is InChI=1S/C18H20N4O4S/c1-2-16-19-20-18(26-16)14-12-17(25-13-14)27(23,24)22-10-8-21(9-11-22)15-6-4-3-5-7-15/h3-7,12-13H,2,8-11H2,1H3. The Morgan fingerprint density at radius 1 is 1.07 bits per heavy atom. The molecular weight excluding hydrogens is 368 g/mol. The summed E-state index contributed by atoms with van der Waals surface area (Å²) in [7, 11) is -3.70. The maximum absolute atomic E-state index is 12.9. The number of piperazine rings is 1. The van der Waals surface area contributed by atoms with E-state index in [9.17, 15) is 8.42 Å². The summed E-state index contributed by atoms with van der Waals surface area (Å²) >= 11 is 0. The molecule has 2 aromatic heterocycles. The molecule has 8 nitrogen and oxygen atoms in total. The van der Waals surface area contributed by atoms with Gasteiger partial charge in [-0.05, 0) is 12.1 Å². The van der Waals surface area contributed by atoms with Crippen molar-refractivity contribution in [2.45, 2.75) is 18.4 Å². The average molecular weight is 388 g/mol. The van der Waals surface area contributed by atoms with E-state index in [-0.39, 0.29) is 11.0 Å². The van der Waals surface area contributed by atoms with E-state index in [0.717, 1.165) is 5.69 Å². The van der Waals surface area contributed by atoms with Gasteiger partial charge in [0.15, 0.2) is 0 Å². The summed E-state index contributed by atoms with van der Waals surface area (Å²) in [5.74, 6) is 0.749. The Labute approximate surface area is 157 Å². The number of anilines is 1. The van der Waals surface area contributed by atoms with Crippen molar-refractivity contribution in [3.05, 3.63) is 48.6 Å². The van der Waals surface area contributed by atoms with Gasteiger partial charge >= 0.3 is 0 Å². The zero-order valence-corrected chi connectivity index (χ0v) is 15.7. The van der Waals surface area contributed by atoms with Gasteiger partial charge in [-0.25, -0.2) is 8.42 Å². The lowest BCUT2D eigenvalue weighted by atomic mass is 10.2. The summed E-state index contributed by atoms with van der Waals surface area (Å²) in [6.45, 7) is 3.94. The molecule has 0 radical (unpaired) electrons. The van der Waals surface area contributed by atoms with Crippen molar-refractivity contribution in [1.29, 1.82) is 0 Å². The van der Waals surface area contributed by atoms with Crippen LogP contribution < -0.4 is 4.90 Å². The SMILES string of the molecule is CCc1nnc(-c2coc(S(=O)(=O)N3CCN(c4ccccc4)CC3)c2)o1. The van der Waals surface area contributed by atoms with E-state index in [4.69, 9.17) is 8.83 Å². The van der Waals surface area contributed by atoms with E-state index in [2.05, 4.69) is 15.1 Å². The minimum absolute atomic E-state index is 0.109. The summed E-state index contributed by atoms with van der Waals surface area (Å²) in [5.41, 5.74) is 1.56. The molecule has 9 heteroatoms. The molecule has 4 rings (SSSR count). The summed E-state index contributed by atoms with van der Waals surface area (Å²) in [4.78, 5) is 2.17. The number of nitrogens with zero attached hydrogens (tertiary/aromatic N) is 4. The highest BCUT2D eigenvalue weighted by atomic mass is 32.2. The molecule has 0 amide bonds. The van der Waals surface area contributed by atoms with Crippen molar-refractivity contribution in [3.8, 4) is 11.5 Å². The van der Waals surface area contributed by atoms with E-state index in [0.29, 0.717) is 44.1 Å². The number of furan rings is 1.